The summed E-state index contributed by atoms with van der Waals surface area (Å²) in [7, 11) is 0. The van der Waals surface area contributed by atoms with E-state index in [0.29, 0.717) is 0 Å². The molecule has 2 heteroatoms. The van der Waals surface area contributed by atoms with Crippen LogP contribution >= 0.6 is 18.5 Å². The third-order valence-corrected chi connectivity index (χ3v) is 41.3. The first-order valence-corrected chi connectivity index (χ1v) is 17.0. The zero-order chi connectivity index (χ0) is 11.8. The van der Waals surface area contributed by atoms with E-state index < -0.39 is 13.4 Å². The van der Waals surface area contributed by atoms with Crippen LogP contribution in [-0.2, 0) is 0 Å². The molecule has 0 nitrogen and oxygen atoms in total. The molecule has 0 spiro atoms. The van der Waals surface area contributed by atoms with Gasteiger partial charge in [0.2, 0.25) is 0 Å². The zero-order valence-electron chi connectivity index (χ0n) is 9.65. The molecule has 0 heterocycles. The van der Waals surface area contributed by atoms with Crippen LogP contribution in [0.3, 0.4) is 0 Å². The van der Waals surface area contributed by atoms with Crippen molar-refractivity contribution >= 4 is 31.9 Å². The van der Waals surface area contributed by atoms with E-state index in [0.717, 1.165) is 0 Å². The van der Waals surface area contributed by atoms with Crippen LogP contribution in [0.5, 0.6) is 0 Å². The second-order valence-corrected chi connectivity index (χ2v) is 31.4. The molecule has 0 atom stereocenters. The summed E-state index contributed by atoms with van der Waals surface area (Å²) in [4.78, 5) is 0. The van der Waals surface area contributed by atoms with Crippen LogP contribution in [0.15, 0.2) is 40.4 Å². The molecular formula is C12H20ISb. The number of hydrogen-bond acceptors (Lipinski definition) is 0. The summed E-state index contributed by atoms with van der Waals surface area (Å²) in [5.41, 5.74) is 0. The summed E-state index contributed by atoms with van der Waals surface area (Å²) >= 11 is -0.717. The minimum absolute atomic E-state index is 1.21. The monoisotopic (exact) mass is 412 g/mol. The van der Waals surface area contributed by atoms with Crippen molar-refractivity contribution in [3.8, 4) is 0 Å². The van der Waals surface area contributed by atoms with Gasteiger partial charge < -0.3 is 0 Å². The van der Waals surface area contributed by atoms with Crippen molar-refractivity contribution in [3.05, 3.63) is 40.4 Å². The van der Waals surface area contributed by atoms with Crippen molar-refractivity contribution in [1.82, 2.24) is 0 Å². The van der Waals surface area contributed by atoms with Crippen molar-refractivity contribution in [1.29, 1.82) is 0 Å². The van der Waals surface area contributed by atoms with E-state index in [2.05, 4.69) is 72.5 Å². The maximum atomic E-state index is 4.16. The van der Waals surface area contributed by atoms with Gasteiger partial charge in [0.15, 0.2) is 0 Å². The predicted molar refractivity (Wildman–Crippen MR) is 79.0 cm³/mol. The Hall–Kier alpha value is 0.508. The Labute approximate surface area is 99.0 Å². The summed E-state index contributed by atoms with van der Waals surface area (Å²) < 4.78 is 4.86. The standard InChI is InChI=1S/4C3H5.HI.Sb/c4*1-3-2;;/h4*1H2,2H3;1H;/q;;;;;+1/p-1. The van der Waals surface area contributed by atoms with Gasteiger partial charge in [-0.05, 0) is 0 Å². The molecule has 0 unspecified atom stereocenters. The number of hydrogen-bond donors (Lipinski definition) is 0. The van der Waals surface area contributed by atoms with E-state index in [4.69, 9.17) is 0 Å². The van der Waals surface area contributed by atoms with E-state index in [1.54, 1.807) is 0 Å². The Morgan fingerprint density at radius 2 is 0.857 bits per heavy atom. The first-order valence-electron chi connectivity index (χ1n) is 4.48. The Kier molecular flexibility index (Phi) is 4.32. The fourth-order valence-electron chi connectivity index (χ4n) is 1.95. The number of halogens is 1. The molecule has 0 amide bonds. The normalized spacial score (nSPS) is 13.9. The van der Waals surface area contributed by atoms with Gasteiger partial charge in [-0.15, -0.1) is 0 Å². The van der Waals surface area contributed by atoms with Crippen molar-refractivity contribution in [2.24, 2.45) is 0 Å². The fourth-order valence-corrected chi connectivity index (χ4v) is 13.1. The van der Waals surface area contributed by atoms with Crippen LogP contribution in [-0.4, -0.2) is 13.4 Å². The van der Waals surface area contributed by atoms with Crippen LogP contribution in [0, 0.1) is 0 Å². The van der Waals surface area contributed by atoms with Crippen molar-refractivity contribution in [2.45, 2.75) is 27.7 Å². The average molecular weight is 413 g/mol. The summed E-state index contributed by atoms with van der Waals surface area (Å²) in [5, 5.41) is 0. The van der Waals surface area contributed by atoms with Gasteiger partial charge in [0.05, 0.1) is 0 Å². The van der Waals surface area contributed by atoms with Gasteiger partial charge in [-0.25, -0.2) is 0 Å². The van der Waals surface area contributed by atoms with E-state index >= 15 is 0 Å². The predicted octanol–water partition coefficient (Wildman–Crippen LogP) is 4.78. The fraction of sp³-hybridized carbons (Fsp3) is 0.333. The van der Waals surface area contributed by atoms with Gasteiger partial charge in [0, 0.05) is 0 Å². The molecule has 0 rings (SSSR count). The van der Waals surface area contributed by atoms with Gasteiger partial charge in [-0.1, -0.05) is 0 Å². The molecule has 0 aliphatic rings. The molecule has 0 saturated heterocycles. The minimum atomic E-state index is -3.29. The SMILES string of the molecule is C=[C](C)[Sb]([I])([C](=C)C)([C](=C)C)[C](=C)C. The number of allylic oxidation sites excluding steroid dienone is 4. The summed E-state index contributed by atoms with van der Waals surface area (Å²) in [6, 6.07) is 0. The van der Waals surface area contributed by atoms with Crippen molar-refractivity contribution < 1.29 is 0 Å². The second-order valence-electron chi connectivity index (χ2n) is 3.95. The topological polar surface area (TPSA) is 0 Å². The molecule has 0 aromatic carbocycles. The van der Waals surface area contributed by atoms with Crippen LogP contribution in [0.1, 0.15) is 27.7 Å². The molecule has 0 bridgehead atoms. The molecule has 14 heavy (non-hydrogen) atoms. The van der Waals surface area contributed by atoms with E-state index in [-0.39, 0.29) is 0 Å². The molecule has 0 fully saturated rings. The molecule has 0 saturated carbocycles. The first-order chi connectivity index (χ1) is 6.10. The number of rotatable bonds is 4. The molecule has 80 valence electrons. The van der Waals surface area contributed by atoms with Crippen LogP contribution in [0.2, 0.25) is 0 Å². The molecular weight excluding hydrogens is 393 g/mol. The van der Waals surface area contributed by atoms with Gasteiger partial charge >= 0.3 is 100.0 Å². The van der Waals surface area contributed by atoms with Crippen LogP contribution in [0.25, 0.3) is 0 Å². The summed E-state index contributed by atoms with van der Waals surface area (Å²) in [6.45, 7) is 25.0. The quantitative estimate of drug-likeness (QED) is 0.460. The van der Waals surface area contributed by atoms with E-state index in [1.807, 2.05) is 0 Å². The zero-order valence-corrected chi connectivity index (χ0v) is 14.4. The summed E-state index contributed by atoms with van der Waals surface area (Å²) in [6.07, 6.45) is 0. The first kappa shape index (κ1) is 14.5. The molecule has 0 radical (unpaired) electrons. The average Bonchev–Trinajstić information content (AvgIpc) is 2.00. The molecule has 0 aromatic heterocycles. The Bertz CT molecular complexity index is 269. The molecule has 0 aliphatic heterocycles. The van der Waals surface area contributed by atoms with E-state index in [1.165, 1.54) is 14.1 Å². The molecule has 0 aromatic rings. The molecule has 0 N–H and O–H groups in total. The van der Waals surface area contributed by atoms with Crippen molar-refractivity contribution in [2.75, 3.05) is 0 Å². The Balaban J connectivity index is 6.18. The van der Waals surface area contributed by atoms with Gasteiger partial charge in [-0.3, -0.25) is 0 Å². The third-order valence-electron chi connectivity index (χ3n) is 2.87. The third kappa shape index (κ3) is 1.57. The van der Waals surface area contributed by atoms with Gasteiger partial charge in [-0.2, -0.15) is 0 Å². The van der Waals surface area contributed by atoms with Gasteiger partial charge in [0.25, 0.3) is 0 Å². The molecule has 0 aliphatic carbocycles. The van der Waals surface area contributed by atoms with Gasteiger partial charge in [0.1, 0.15) is 0 Å². The summed E-state index contributed by atoms with van der Waals surface area (Å²) in [5.74, 6) is 0. The Morgan fingerprint density at radius 1 is 0.714 bits per heavy atom. The second kappa shape index (κ2) is 4.17. The Morgan fingerprint density at radius 3 is 0.857 bits per heavy atom. The maximum absolute atomic E-state index is 4.16. The van der Waals surface area contributed by atoms with Crippen LogP contribution in [0.4, 0.5) is 0 Å². The van der Waals surface area contributed by atoms with Crippen LogP contribution < -0.4 is 0 Å². The van der Waals surface area contributed by atoms with E-state index in [9.17, 15) is 0 Å². The van der Waals surface area contributed by atoms with Crippen molar-refractivity contribution in [3.63, 3.8) is 0 Å².